The van der Waals surface area contributed by atoms with E-state index in [1.807, 2.05) is 0 Å². The molecule has 0 spiro atoms. The van der Waals surface area contributed by atoms with Crippen molar-refractivity contribution in [1.82, 2.24) is 0 Å². The number of nitrogens with zero attached hydrogens (tertiary/aromatic N) is 1. The molecule has 0 heterocycles. The van der Waals surface area contributed by atoms with Crippen molar-refractivity contribution < 1.29 is 23.2 Å². The number of anilines is 3. The van der Waals surface area contributed by atoms with Gasteiger partial charge < -0.3 is 10.4 Å². The number of carboxylic acids is 1. The Morgan fingerprint density at radius 2 is 1.48 bits per heavy atom. The van der Waals surface area contributed by atoms with Crippen LogP contribution in [-0.4, -0.2) is 24.4 Å². The van der Waals surface area contributed by atoms with Crippen LogP contribution in [-0.2, 0) is 10.0 Å². The van der Waals surface area contributed by atoms with E-state index in [1.165, 1.54) is 12.1 Å². The summed E-state index contributed by atoms with van der Waals surface area (Å²) >= 11 is 0. The van der Waals surface area contributed by atoms with Gasteiger partial charge in [-0.25, -0.2) is 13.2 Å². The van der Waals surface area contributed by atoms with Crippen molar-refractivity contribution >= 4 is 38.7 Å². The van der Waals surface area contributed by atoms with Crippen LogP contribution in [0.2, 0.25) is 0 Å². The maximum atomic E-state index is 13.0. The van der Waals surface area contributed by atoms with Crippen molar-refractivity contribution in [2.75, 3.05) is 10.0 Å². The van der Waals surface area contributed by atoms with Crippen LogP contribution in [0.4, 0.5) is 22.7 Å². The number of rotatable bonds is 7. The number of aromatic carboxylic acids is 1. The molecule has 3 aromatic carbocycles. The van der Waals surface area contributed by atoms with E-state index in [1.54, 1.807) is 48.5 Å². The van der Waals surface area contributed by atoms with Gasteiger partial charge in [-0.3, -0.25) is 14.8 Å². The molecule has 3 N–H and O–H groups in total. The zero-order chi connectivity index (χ0) is 21.0. The summed E-state index contributed by atoms with van der Waals surface area (Å²) in [6.45, 7) is 0. The van der Waals surface area contributed by atoms with Crippen molar-refractivity contribution in [2.45, 2.75) is 4.90 Å². The minimum atomic E-state index is -4.36. The minimum Gasteiger partial charge on any atom is -0.478 e. The number of hydrogen-bond donors (Lipinski definition) is 3. The van der Waals surface area contributed by atoms with E-state index >= 15 is 0 Å². The molecule has 9 nitrogen and oxygen atoms in total. The molecule has 29 heavy (non-hydrogen) atoms. The highest BCUT2D eigenvalue weighted by molar-refractivity contribution is 7.93. The summed E-state index contributed by atoms with van der Waals surface area (Å²) in [4.78, 5) is 21.6. The highest BCUT2D eigenvalue weighted by Gasteiger charge is 2.29. The largest absolute Gasteiger partial charge is 0.478 e. The Bertz CT molecular complexity index is 1170. The van der Waals surface area contributed by atoms with Crippen LogP contribution in [0.25, 0.3) is 0 Å². The highest BCUT2D eigenvalue weighted by Crippen LogP contribution is 2.36. The van der Waals surface area contributed by atoms with E-state index in [0.717, 1.165) is 12.1 Å². The second-order valence-electron chi connectivity index (χ2n) is 5.89. The molecule has 0 aliphatic carbocycles. The number of nitro benzene ring substituents is 1. The molecule has 0 aliphatic heterocycles. The Hall–Kier alpha value is -3.92. The SMILES string of the molecule is O=C(O)c1cc([N+](=O)[O-])c(Nc2ccccc2)c(S(=O)(=O)Nc2ccccc2)c1. The van der Waals surface area contributed by atoms with Crippen molar-refractivity contribution in [3.63, 3.8) is 0 Å². The predicted molar refractivity (Wildman–Crippen MR) is 107 cm³/mol. The normalized spacial score (nSPS) is 10.9. The van der Waals surface area contributed by atoms with Gasteiger partial charge in [-0.1, -0.05) is 36.4 Å². The Morgan fingerprint density at radius 3 is 2.00 bits per heavy atom. The Kier molecular flexibility index (Phi) is 5.46. The zero-order valence-corrected chi connectivity index (χ0v) is 15.6. The van der Waals surface area contributed by atoms with Gasteiger partial charge >= 0.3 is 5.97 Å². The molecular weight excluding hydrogens is 398 g/mol. The zero-order valence-electron chi connectivity index (χ0n) is 14.8. The van der Waals surface area contributed by atoms with Crippen molar-refractivity contribution in [2.24, 2.45) is 0 Å². The van der Waals surface area contributed by atoms with Gasteiger partial charge in [-0.05, 0) is 30.3 Å². The van der Waals surface area contributed by atoms with Gasteiger partial charge in [-0.15, -0.1) is 0 Å². The number of carbonyl (C=O) groups is 1. The monoisotopic (exact) mass is 413 g/mol. The lowest BCUT2D eigenvalue weighted by Gasteiger charge is -2.15. The van der Waals surface area contributed by atoms with Crippen molar-refractivity contribution in [1.29, 1.82) is 0 Å². The van der Waals surface area contributed by atoms with E-state index in [9.17, 15) is 28.4 Å². The standard InChI is InChI=1S/C19H15N3O6S/c23-19(24)13-11-16(22(25)26)18(20-14-7-3-1-4-8-14)17(12-13)29(27,28)21-15-9-5-2-6-10-15/h1-12,20-21H,(H,23,24). The molecular formula is C19H15N3O6S. The van der Waals surface area contributed by atoms with Gasteiger partial charge in [-0.2, -0.15) is 0 Å². The lowest BCUT2D eigenvalue weighted by Crippen LogP contribution is -2.16. The Balaban J connectivity index is 2.21. The van der Waals surface area contributed by atoms with Crippen LogP contribution >= 0.6 is 0 Å². The number of carboxylic acid groups (broad SMARTS) is 1. The van der Waals surface area contributed by atoms with E-state index in [-0.39, 0.29) is 11.4 Å². The van der Waals surface area contributed by atoms with Crippen LogP contribution in [0, 0.1) is 10.1 Å². The van der Waals surface area contributed by atoms with Gasteiger partial charge in [0.15, 0.2) is 0 Å². The summed E-state index contributed by atoms with van der Waals surface area (Å²) < 4.78 is 28.3. The fourth-order valence-electron chi connectivity index (χ4n) is 2.59. The van der Waals surface area contributed by atoms with Crippen LogP contribution in [0.1, 0.15) is 10.4 Å². The lowest BCUT2D eigenvalue weighted by atomic mass is 10.1. The molecule has 0 unspecified atom stereocenters. The number of hydrogen-bond acceptors (Lipinski definition) is 6. The summed E-state index contributed by atoms with van der Waals surface area (Å²) in [6.07, 6.45) is 0. The van der Waals surface area contributed by atoms with Crippen LogP contribution in [0.5, 0.6) is 0 Å². The molecule has 0 amide bonds. The molecule has 0 aliphatic rings. The molecule has 0 aromatic heterocycles. The number of nitro groups is 1. The molecule has 0 fully saturated rings. The molecule has 0 bridgehead atoms. The summed E-state index contributed by atoms with van der Waals surface area (Å²) in [5.74, 6) is -1.49. The number of benzene rings is 3. The van der Waals surface area contributed by atoms with E-state index in [4.69, 9.17) is 0 Å². The number of sulfonamides is 1. The van der Waals surface area contributed by atoms with Gasteiger partial charge in [0, 0.05) is 17.4 Å². The average Bonchev–Trinajstić information content (AvgIpc) is 2.68. The van der Waals surface area contributed by atoms with Gasteiger partial charge in [0.1, 0.15) is 10.6 Å². The summed E-state index contributed by atoms with van der Waals surface area (Å²) in [7, 11) is -4.36. The second kappa shape index (κ2) is 7.98. The van der Waals surface area contributed by atoms with Crippen LogP contribution in [0.3, 0.4) is 0 Å². The van der Waals surface area contributed by atoms with Gasteiger partial charge in [0.25, 0.3) is 15.7 Å². The third kappa shape index (κ3) is 4.50. The molecule has 148 valence electrons. The topological polar surface area (TPSA) is 139 Å². The van der Waals surface area contributed by atoms with Gasteiger partial charge in [0.05, 0.1) is 10.5 Å². The smallest absolute Gasteiger partial charge is 0.335 e. The maximum absolute atomic E-state index is 13.0. The molecule has 3 rings (SSSR count). The van der Waals surface area contributed by atoms with Gasteiger partial charge in [0.2, 0.25) is 0 Å². The summed E-state index contributed by atoms with van der Waals surface area (Å²) in [5.41, 5.74) is -0.919. The third-order valence-electron chi connectivity index (χ3n) is 3.88. The number of nitrogens with one attached hydrogen (secondary N) is 2. The molecule has 3 aromatic rings. The molecule has 0 saturated carbocycles. The van der Waals surface area contributed by atoms with E-state index in [0.29, 0.717) is 5.69 Å². The first-order valence-corrected chi connectivity index (χ1v) is 9.72. The Morgan fingerprint density at radius 1 is 0.931 bits per heavy atom. The first kappa shape index (κ1) is 19.8. The molecule has 0 atom stereocenters. The molecule has 0 saturated heterocycles. The minimum absolute atomic E-state index is 0.224. The summed E-state index contributed by atoms with van der Waals surface area (Å²) in [5, 5.41) is 23.6. The van der Waals surface area contributed by atoms with Crippen molar-refractivity contribution in [3.8, 4) is 0 Å². The van der Waals surface area contributed by atoms with E-state index in [2.05, 4.69) is 10.0 Å². The van der Waals surface area contributed by atoms with Crippen LogP contribution in [0.15, 0.2) is 77.7 Å². The average molecular weight is 413 g/mol. The fraction of sp³-hybridized carbons (Fsp3) is 0. The highest BCUT2D eigenvalue weighted by atomic mass is 32.2. The molecule has 0 radical (unpaired) electrons. The second-order valence-corrected chi connectivity index (χ2v) is 7.54. The Labute approximate surface area is 165 Å². The quantitative estimate of drug-likeness (QED) is 0.395. The lowest BCUT2D eigenvalue weighted by molar-refractivity contribution is -0.384. The van der Waals surface area contributed by atoms with Crippen molar-refractivity contribution in [3.05, 3.63) is 88.5 Å². The van der Waals surface area contributed by atoms with Crippen LogP contribution < -0.4 is 10.0 Å². The first-order valence-electron chi connectivity index (χ1n) is 8.23. The third-order valence-corrected chi connectivity index (χ3v) is 5.29. The first-order chi connectivity index (χ1) is 13.8. The number of para-hydroxylation sites is 2. The summed E-state index contributed by atoms with van der Waals surface area (Å²) in [6, 6.07) is 17.8. The van der Waals surface area contributed by atoms with E-state index < -0.39 is 37.1 Å². The molecule has 10 heteroatoms. The fourth-order valence-corrected chi connectivity index (χ4v) is 3.85. The maximum Gasteiger partial charge on any atom is 0.335 e. The predicted octanol–water partition coefficient (Wildman–Crippen LogP) is 3.84.